The lowest BCUT2D eigenvalue weighted by molar-refractivity contribution is -0.129. The van der Waals surface area contributed by atoms with Crippen molar-refractivity contribution in [2.24, 2.45) is 5.16 Å². The van der Waals surface area contributed by atoms with Gasteiger partial charge < -0.3 is 4.84 Å². The van der Waals surface area contributed by atoms with Gasteiger partial charge in [0.15, 0.2) is 5.60 Å². The third-order valence-corrected chi connectivity index (χ3v) is 5.06. The monoisotopic (exact) mass is 380 g/mol. The fourth-order valence-corrected chi connectivity index (χ4v) is 3.68. The quantitative estimate of drug-likeness (QED) is 0.801. The van der Waals surface area contributed by atoms with Gasteiger partial charge in [-0.2, -0.15) is 5.26 Å². The average Bonchev–Trinajstić information content (AvgIpc) is 3.26. The van der Waals surface area contributed by atoms with Gasteiger partial charge in [0, 0.05) is 18.4 Å². The van der Waals surface area contributed by atoms with Gasteiger partial charge in [-0.25, -0.2) is 5.01 Å². The number of carbonyl (C=O) groups excluding carboxylic acids is 1. The Labute approximate surface area is 162 Å². The first-order valence-electron chi connectivity index (χ1n) is 8.56. The fraction of sp³-hybridized carbons (Fsp3) is 0.250. The molecule has 1 atom stereocenters. The summed E-state index contributed by atoms with van der Waals surface area (Å²) in [6.45, 7) is 2.45. The molecule has 27 heavy (non-hydrogen) atoms. The summed E-state index contributed by atoms with van der Waals surface area (Å²) in [4.78, 5) is 18.0. The van der Waals surface area contributed by atoms with E-state index in [1.165, 1.54) is 6.92 Å². The number of hydrogen-bond donors (Lipinski definition) is 0. The maximum atomic E-state index is 12.2. The van der Waals surface area contributed by atoms with Crippen LogP contribution in [0.3, 0.4) is 0 Å². The van der Waals surface area contributed by atoms with Gasteiger partial charge in [-0.15, -0.1) is 0 Å². The third kappa shape index (κ3) is 3.22. The predicted molar refractivity (Wildman–Crippen MR) is 102 cm³/mol. The van der Waals surface area contributed by atoms with Gasteiger partial charge in [0.25, 0.3) is 0 Å². The average molecular weight is 381 g/mol. The minimum absolute atomic E-state index is 0.0673. The van der Waals surface area contributed by atoms with Gasteiger partial charge >= 0.3 is 0 Å². The molecule has 6 nitrogen and oxygen atoms in total. The van der Waals surface area contributed by atoms with Gasteiger partial charge in [-0.3, -0.25) is 9.80 Å². The van der Waals surface area contributed by atoms with Crippen molar-refractivity contribution < 1.29 is 9.63 Å². The Kier molecular flexibility index (Phi) is 4.25. The van der Waals surface area contributed by atoms with E-state index in [1.54, 1.807) is 23.2 Å². The molecule has 1 saturated heterocycles. The smallest absolute Gasteiger partial charge is 0.238 e. The van der Waals surface area contributed by atoms with Crippen LogP contribution in [0.15, 0.2) is 53.7 Å². The number of hydrazine groups is 1. The van der Waals surface area contributed by atoms with Crippen LogP contribution in [-0.4, -0.2) is 35.3 Å². The number of nitriles is 1. The molecule has 2 aliphatic heterocycles. The Morgan fingerprint density at radius 2 is 2.04 bits per heavy atom. The van der Waals surface area contributed by atoms with Crippen LogP contribution in [-0.2, 0) is 9.63 Å². The molecule has 2 heterocycles. The number of rotatable bonds is 2. The number of hydrogen-bond acceptors (Lipinski definition) is 5. The first kappa shape index (κ1) is 17.4. The van der Waals surface area contributed by atoms with E-state index in [9.17, 15) is 4.79 Å². The minimum atomic E-state index is -0.600. The molecule has 0 aromatic heterocycles. The third-order valence-electron chi connectivity index (χ3n) is 4.82. The molecule has 0 N–H and O–H groups in total. The maximum absolute atomic E-state index is 12.2. The summed E-state index contributed by atoms with van der Waals surface area (Å²) in [5, 5.41) is 17.4. The fourth-order valence-electron chi connectivity index (χ4n) is 3.50. The van der Waals surface area contributed by atoms with Gasteiger partial charge in [0.05, 0.1) is 36.1 Å². The lowest BCUT2D eigenvalue weighted by Crippen LogP contribution is -2.40. The normalized spacial score (nSPS) is 21.1. The Morgan fingerprint density at radius 3 is 2.70 bits per heavy atom. The van der Waals surface area contributed by atoms with Crippen molar-refractivity contribution in [2.45, 2.75) is 18.9 Å². The summed E-state index contributed by atoms with van der Waals surface area (Å²) in [6, 6.07) is 16.8. The van der Waals surface area contributed by atoms with Crippen LogP contribution in [0.2, 0.25) is 5.02 Å². The van der Waals surface area contributed by atoms with E-state index >= 15 is 0 Å². The number of anilines is 1. The number of nitrogens with zero attached hydrogens (tertiary/aromatic N) is 4. The molecule has 2 aromatic rings. The van der Waals surface area contributed by atoms with Crippen molar-refractivity contribution in [1.82, 2.24) is 5.01 Å². The Morgan fingerprint density at radius 1 is 1.26 bits per heavy atom. The minimum Gasteiger partial charge on any atom is -0.385 e. The second kappa shape index (κ2) is 6.60. The second-order valence-electron chi connectivity index (χ2n) is 6.79. The summed E-state index contributed by atoms with van der Waals surface area (Å²) in [7, 11) is 0. The van der Waals surface area contributed by atoms with E-state index in [1.807, 2.05) is 35.3 Å². The Hall–Kier alpha value is -3.04. The van der Waals surface area contributed by atoms with Crippen molar-refractivity contribution in [1.29, 1.82) is 5.26 Å². The van der Waals surface area contributed by atoms with Crippen LogP contribution in [0.5, 0.6) is 0 Å². The SMILES string of the molecule is CC(=O)N1CC2(CC(c3ccc(C#N)cc3)=NO2)CN1c1cccc(Cl)c1. The van der Waals surface area contributed by atoms with Crippen molar-refractivity contribution in [3.63, 3.8) is 0 Å². The number of halogens is 1. The predicted octanol–water partition coefficient (Wildman–Crippen LogP) is 3.36. The molecule has 1 unspecified atom stereocenters. The molecule has 0 radical (unpaired) electrons. The van der Waals surface area contributed by atoms with Crippen LogP contribution >= 0.6 is 11.6 Å². The van der Waals surface area contributed by atoms with E-state index in [2.05, 4.69) is 11.2 Å². The van der Waals surface area contributed by atoms with E-state index in [0.29, 0.717) is 30.1 Å². The molecule has 1 fully saturated rings. The van der Waals surface area contributed by atoms with Crippen molar-refractivity contribution in [3.8, 4) is 6.07 Å². The molecule has 1 amide bonds. The molecule has 0 aliphatic carbocycles. The zero-order valence-electron chi connectivity index (χ0n) is 14.7. The summed E-state index contributed by atoms with van der Waals surface area (Å²) in [5.41, 5.74) is 2.57. The molecule has 2 aromatic carbocycles. The van der Waals surface area contributed by atoms with E-state index < -0.39 is 5.60 Å². The zero-order valence-corrected chi connectivity index (χ0v) is 15.5. The number of oxime groups is 1. The van der Waals surface area contributed by atoms with Gasteiger partial charge in [0.1, 0.15) is 0 Å². The van der Waals surface area contributed by atoms with Crippen molar-refractivity contribution >= 4 is 28.9 Å². The number of carbonyl (C=O) groups is 1. The molecule has 136 valence electrons. The highest BCUT2D eigenvalue weighted by Crippen LogP contribution is 2.37. The number of benzene rings is 2. The summed E-state index contributed by atoms with van der Waals surface area (Å²) in [6.07, 6.45) is 0.583. The van der Waals surface area contributed by atoms with Gasteiger partial charge in [0.2, 0.25) is 5.91 Å². The Balaban J connectivity index is 1.58. The lowest BCUT2D eigenvalue weighted by Gasteiger charge is -2.28. The lowest BCUT2D eigenvalue weighted by atomic mass is 9.94. The molecule has 4 rings (SSSR count). The molecule has 7 heteroatoms. The topological polar surface area (TPSA) is 68.9 Å². The highest BCUT2D eigenvalue weighted by atomic mass is 35.5. The molecular formula is C20H17ClN4O2. The van der Waals surface area contributed by atoms with E-state index in [-0.39, 0.29) is 5.91 Å². The summed E-state index contributed by atoms with van der Waals surface area (Å²) >= 11 is 6.12. The molecule has 0 bridgehead atoms. The second-order valence-corrected chi connectivity index (χ2v) is 7.23. The summed E-state index contributed by atoms with van der Waals surface area (Å²) in [5.74, 6) is -0.0673. The van der Waals surface area contributed by atoms with Crippen LogP contribution in [0.4, 0.5) is 5.69 Å². The molecule has 2 aliphatic rings. The van der Waals surface area contributed by atoms with Gasteiger partial charge in [-0.1, -0.05) is 35.0 Å². The van der Waals surface area contributed by atoms with Crippen LogP contribution in [0.1, 0.15) is 24.5 Å². The Bertz CT molecular complexity index is 967. The van der Waals surface area contributed by atoms with Crippen molar-refractivity contribution in [2.75, 3.05) is 18.1 Å². The number of amides is 1. The maximum Gasteiger partial charge on any atom is 0.238 e. The van der Waals surface area contributed by atoms with Crippen LogP contribution < -0.4 is 5.01 Å². The van der Waals surface area contributed by atoms with Crippen molar-refractivity contribution in [3.05, 3.63) is 64.7 Å². The zero-order chi connectivity index (χ0) is 19.0. The first-order chi connectivity index (χ1) is 13.0. The van der Waals surface area contributed by atoms with E-state index in [0.717, 1.165) is 17.0 Å². The van der Waals surface area contributed by atoms with Gasteiger partial charge in [-0.05, 0) is 35.9 Å². The largest absolute Gasteiger partial charge is 0.385 e. The first-order valence-corrected chi connectivity index (χ1v) is 8.94. The van der Waals surface area contributed by atoms with Crippen LogP contribution in [0, 0.1) is 11.3 Å². The molecular weight excluding hydrogens is 364 g/mol. The highest BCUT2D eigenvalue weighted by molar-refractivity contribution is 6.30. The van der Waals surface area contributed by atoms with Crippen LogP contribution in [0.25, 0.3) is 0 Å². The standard InChI is InChI=1S/C20H17ClN4O2/c1-14(26)24-12-20(13-25(24)18-4-2-3-17(21)9-18)10-19(23-27-20)16-7-5-15(11-22)6-8-16/h2-9H,10,12-13H2,1H3. The highest BCUT2D eigenvalue weighted by Gasteiger charge is 2.50. The molecule has 0 saturated carbocycles. The summed E-state index contributed by atoms with van der Waals surface area (Å²) < 4.78 is 0. The van der Waals surface area contributed by atoms with E-state index in [4.69, 9.17) is 21.7 Å². The molecule has 1 spiro atoms.